The lowest BCUT2D eigenvalue weighted by molar-refractivity contribution is -0.119. The summed E-state index contributed by atoms with van der Waals surface area (Å²) in [6, 6.07) is 10.4. The van der Waals surface area contributed by atoms with Crippen molar-refractivity contribution >= 4 is 5.78 Å². The van der Waals surface area contributed by atoms with Crippen molar-refractivity contribution in [3.05, 3.63) is 35.9 Å². The maximum Gasteiger partial charge on any atom is 0.133 e. The molecule has 17 heavy (non-hydrogen) atoms. The van der Waals surface area contributed by atoms with Crippen LogP contribution in [0.4, 0.5) is 0 Å². The fourth-order valence-corrected chi connectivity index (χ4v) is 2.45. The van der Waals surface area contributed by atoms with Crippen molar-refractivity contribution in [3.8, 4) is 0 Å². The lowest BCUT2D eigenvalue weighted by Gasteiger charge is -2.06. The van der Waals surface area contributed by atoms with Gasteiger partial charge in [-0.1, -0.05) is 30.3 Å². The molecule has 2 heteroatoms. The number of aryl methyl sites for hydroxylation is 1. The Morgan fingerprint density at radius 2 is 2.12 bits per heavy atom. The van der Waals surface area contributed by atoms with Crippen LogP contribution in [0.15, 0.2) is 30.3 Å². The Bertz CT molecular complexity index is 341. The van der Waals surface area contributed by atoms with Gasteiger partial charge in [0.1, 0.15) is 5.78 Å². The van der Waals surface area contributed by atoms with Crippen molar-refractivity contribution in [2.75, 3.05) is 13.1 Å². The van der Waals surface area contributed by atoms with Gasteiger partial charge in [0.15, 0.2) is 0 Å². The number of benzene rings is 1. The van der Waals surface area contributed by atoms with Crippen molar-refractivity contribution in [1.29, 1.82) is 0 Å². The Morgan fingerprint density at radius 1 is 1.29 bits per heavy atom. The lowest BCUT2D eigenvalue weighted by Crippen LogP contribution is -2.12. The number of nitrogens with one attached hydrogen (secondary N) is 1. The van der Waals surface area contributed by atoms with Gasteiger partial charge in [-0.15, -0.1) is 0 Å². The highest BCUT2D eigenvalue weighted by Gasteiger charge is 2.17. The molecule has 1 fully saturated rings. The summed E-state index contributed by atoms with van der Waals surface area (Å²) in [5, 5.41) is 3.31. The number of hydrogen-bond donors (Lipinski definition) is 1. The third-order valence-corrected chi connectivity index (χ3v) is 3.44. The molecule has 92 valence electrons. The standard InChI is InChI=1S/C15H21NO/c17-15(11-14-9-10-16-12-14)8-4-7-13-5-2-1-3-6-13/h1-3,5-6,14,16H,4,7-12H2. The van der Waals surface area contributed by atoms with Crippen molar-refractivity contribution in [2.45, 2.75) is 32.1 Å². The van der Waals surface area contributed by atoms with E-state index in [1.54, 1.807) is 0 Å². The number of carbonyl (C=O) groups is 1. The average molecular weight is 231 g/mol. The van der Waals surface area contributed by atoms with E-state index in [1.807, 2.05) is 6.07 Å². The van der Waals surface area contributed by atoms with Crippen LogP contribution in [0.2, 0.25) is 0 Å². The molecule has 1 aliphatic heterocycles. The molecule has 0 bridgehead atoms. The Hall–Kier alpha value is -1.15. The molecule has 1 aromatic rings. The zero-order chi connectivity index (χ0) is 11.9. The van der Waals surface area contributed by atoms with Gasteiger partial charge in [-0.25, -0.2) is 0 Å². The van der Waals surface area contributed by atoms with E-state index in [0.29, 0.717) is 11.7 Å². The first-order valence-electron chi connectivity index (χ1n) is 6.61. The molecule has 2 nitrogen and oxygen atoms in total. The molecule has 1 aromatic carbocycles. The SMILES string of the molecule is O=C(CCCc1ccccc1)CC1CCNC1. The van der Waals surface area contributed by atoms with Crippen LogP contribution >= 0.6 is 0 Å². The van der Waals surface area contributed by atoms with E-state index in [1.165, 1.54) is 12.0 Å². The number of ketones is 1. The van der Waals surface area contributed by atoms with E-state index < -0.39 is 0 Å². The fourth-order valence-electron chi connectivity index (χ4n) is 2.45. The quantitative estimate of drug-likeness (QED) is 0.815. The highest BCUT2D eigenvalue weighted by molar-refractivity contribution is 5.78. The molecule has 1 N–H and O–H groups in total. The van der Waals surface area contributed by atoms with Crippen LogP contribution in [-0.4, -0.2) is 18.9 Å². The molecule has 0 aliphatic carbocycles. The number of rotatable bonds is 6. The lowest BCUT2D eigenvalue weighted by atomic mass is 9.98. The summed E-state index contributed by atoms with van der Waals surface area (Å²) >= 11 is 0. The van der Waals surface area contributed by atoms with Crippen LogP contribution in [0, 0.1) is 5.92 Å². The summed E-state index contributed by atoms with van der Waals surface area (Å²) in [5.41, 5.74) is 1.34. The van der Waals surface area contributed by atoms with Gasteiger partial charge in [-0.3, -0.25) is 4.79 Å². The third-order valence-electron chi connectivity index (χ3n) is 3.44. The largest absolute Gasteiger partial charge is 0.316 e. The van der Waals surface area contributed by atoms with E-state index in [4.69, 9.17) is 0 Å². The molecule has 1 atom stereocenters. The number of hydrogen-bond acceptors (Lipinski definition) is 2. The van der Waals surface area contributed by atoms with Crippen molar-refractivity contribution in [2.24, 2.45) is 5.92 Å². The minimum Gasteiger partial charge on any atom is -0.316 e. The van der Waals surface area contributed by atoms with Gasteiger partial charge in [0.25, 0.3) is 0 Å². The third kappa shape index (κ3) is 4.31. The predicted molar refractivity (Wildman–Crippen MR) is 70.0 cm³/mol. The van der Waals surface area contributed by atoms with E-state index in [9.17, 15) is 4.79 Å². The molecular weight excluding hydrogens is 210 g/mol. The van der Waals surface area contributed by atoms with Crippen LogP contribution in [-0.2, 0) is 11.2 Å². The Labute approximate surface area is 103 Å². The van der Waals surface area contributed by atoms with Gasteiger partial charge in [-0.2, -0.15) is 0 Å². The maximum atomic E-state index is 11.8. The second-order valence-corrected chi connectivity index (χ2v) is 4.94. The minimum atomic E-state index is 0.439. The van der Waals surface area contributed by atoms with Crippen LogP contribution in [0.1, 0.15) is 31.2 Å². The first-order chi connectivity index (χ1) is 8.34. The molecule has 1 saturated heterocycles. The first-order valence-corrected chi connectivity index (χ1v) is 6.61. The molecule has 2 rings (SSSR count). The van der Waals surface area contributed by atoms with E-state index in [2.05, 4.69) is 29.6 Å². The van der Waals surface area contributed by atoms with Gasteiger partial charge in [-0.05, 0) is 43.8 Å². The van der Waals surface area contributed by atoms with Crippen LogP contribution in [0.25, 0.3) is 0 Å². The minimum absolute atomic E-state index is 0.439. The molecule has 1 aliphatic rings. The summed E-state index contributed by atoms with van der Waals surface area (Å²) in [4.78, 5) is 11.8. The molecule has 0 amide bonds. The molecule has 0 radical (unpaired) electrons. The Kier molecular flexibility index (Phi) is 4.75. The highest BCUT2D eigenvalue weighted by Crippen LogP contribution is 2.14. The fraction of sp³-hybridized carbons (Fsp3) is 0.533. The van der Waals surface area contributed by atoms with Crippen molar-refractivity contribution in [3.63, 3.8) is 0 Å². The second-order valence-electron chi connectivity index (χ2n) is 4.94. The summed E-state index contributed by atoms with van der Waals surface area (Å²) in [6.45, 7) is 2.12. The Morgan fingerprint density at radius 3 is 2.82 bits per heavy atom. The molecule has 0 aromatic heterocycles. The predicted octanol–water partition coefficient (Wildman–Crippen LogP) is 2.58. The topological polar surface area (TPSA) is 29.1 Å². The van der Waals surface area contributed by atoms with Crippen molar-refractivity contribution < 1.29 is 4.79 Å². The zero-order valence-corrected chi connectivity index (χ0v) is 10.3. The van der Waals surface area contributed by atoms with Gasteiger partial charge < -0.3 is 5.32 Å². The monoisotopic (exact) mass is 231 g/mol. The molecule has 1 heterocycles. The van der Waals surface area contributed by atoms with Crippen molar-refractivity contribution in [1.82, 2.24) is 5.32 Å². The summed E-state index contributed by atoms with van der Waals surface area (Å²) in [5.74, 6) is 1.04. The number of Topliss-reactive ketones (excluding diaryl/α,β-unsaturated/α-hetero) is 1. The normalized spacial score (nSPS) is 19.4. The first kappa shape index (κ1) is 12.3. The van der Waals surface area contributed by atoms with Gasteiger partial charge in [0.05, 0.1) is 0 Å². The van der Waals surface area contributed by atoms with Gasteiger partial charge >= 0.3 is 0 Å². The smallest absolute Gasteiger partial charge is 0.133 e. The maximum absolute atomic E-state index is 11.8. The van der Waals surface area contributed by atoms with Crippen LogP contribution in [0.5, 0.6) is 0 Å². The van der Waals surface area contributed by atoms with Crippen LogP contribution in [0.3, 0.4) is 0 Å². The summed E-state index contributed by atoms with van der Waals surface area (Å²) < 4.78 is 0. The summed E-state index contributed by atoms with van der Waals surface area (Å²) in [7, 11) is 0. The molecule has 0 saturated carbocycles. The zero-order valence-electron chi connectivity index (χ0n) is 10.3. The van der Waals surface area contributed by atoms with E-state index in [0.717, 1.165) is 38.8 Å². The summed E-state index contributed by atoms with van der Waals surface area (Å²) in [6.07, 6.45) is 4.70. The van der Waals surface area contributed by atoms with Gasteiger partial charge in [0, 0.05) is 12.8 Å². The second kappa shape index (κ2) is 6.55. The molecular formula is C15H21NO. The highest BCUT2D eigenvalue weighted by atomic mass is 16.1. The Balaban J connectivity index is 1.63. The van der Waals surface area contributed by atoms with Gasteiger partial charge in [0.2, 0.25) is 0 Å². The van der Waals surface area contributed by atoms with E-state index in [-0.39, 0.29) is 0 Å². The number of carbonyl (C=O) groups excluding carboxylic acids is 1. The molecule has 1 unspecified atom stereocenters. The molecule has 0 spiro atoms. The van der Waals surface area contributed by atoms with Crippen LogP contribution < -0.4 is 5.32 Å². The van der Waals surface area contributed by atoms with E-state index >= 15 is 0 Å². The average Bonchev–Trinajstić information content (AvgIpc) is 2.83.